The summed E-state index contributed by atoms with van der Waals surface area (Å²) in [6, 6.07) is 12.0. The lowest BCUT2D eigenvalue weighted by molar-refractivity contribution is -0.137. The number of amides is 1. The molecule has 1 aliphatic heterocycles. The highest BCUT2D eigenvalue weighted by atomic mass is 32.2. The Labute approximate surface area is 173 Å². The van der Waals surface area contributed by atoms with Gasteiger partial charge >= 0.3 is 6.18 Å². The maximum Gasteiger partial charge on any atom is 0.416 e. The monoisotopic (exact) mass is 440 g/mol. The second-order valence-electron chi connectivity index (χ2n) is 7.34. The molecule has 1 heterocycles. The first-order valence-corrected chi connectivity index (χ1v) is 11.2. The van der Waals surface area contributed by atoms with E-state index in [-0.39, 0.29) is 30.5 Å². The molecule has 1 atom stereocenters. The Kier molecular flexibility index (Phi) is 6.40. The van der Waals surface area contributed by atoms with Crippen molar-refractivity contribution in [2.24, 2.45) is 0 Å². The predicted octanol–water partition coefficient (Wildman–Crippen LogP) is 3.71. The maximum absolute atomic E-state index is 12.6. The van der Waals surface area contributed by atoms with Gasteiger partial charge in [0.2, 0.25) is 15.9 Å². The van der Waals surface area contributed by atoms with Gasteiger partial charge in [0.15, 0.2) is 0 Å². The minimum atomic E-state index is -4.40. The van der Waals surface area contributed by atoms with E-state index in [0.29, 0.717) is 24.2 Å². The van der Waals surface area contributed by atoms with Crippen LogP contribution in [0.5, 0.6) is 0 Å². The van der Waals surface area contributed by atoms with Crippen LogP contribution in [-0.4, -0.2) is 33.2 Å². The van der Waals surface area contributed by atoms with Crippen LogP contribution in [0.3, 0.4) is 0 Å². The fourth-order valence-corrected chi connectivity index (χ4v) is 4.92. The van der Waals surface area contributed by atoms with Crippen molar-refractivity contribution in [2.45, 2.75) is 31.9 Å². The molecule has 162 valence electrons. The maximum atomic E-state index is 12.6. The molecule has 2 aromatic rings. The summed E-state index contributed by atoms with van der Waals surface area (Å²) in [5.74, 6) is -0.865. The molecule has 30 heavy (non-hydrogen) atoms. The zero-order valence-corrected chi connectivity index (χ0v) is 17.3. The summed E-state index contributed by atoms with van der Waals surface area (Å²) in [6.07, 6.45) is -3.69. The Morgan fingerprint density at radius 2 is 1.80 bits per heavy atom. The first-order chi connectivity index (χ1) is 14.1. The Balaban J connectivity index is 1.50. The van der Waals surface area contributed by atoms with Crippen LogP contribution in [0.1, 0.15) is 36.0 Å². The fourth-order valence-electron chi connectivity index (χ4n) is 3.50. The molecule has 0 fully saturated rings. The molecule has 2 aromatic carbocycles. The second kappa shape index (κ2) is 8.67. The van der Waals surface area contributed by atoms with Crippen molar-refractivity contribution < 1.29 is 26.4 Å². The second-order valence-corrected chi connectivity index (χ2v) is 9.35. The summed E-state index contributed by atoms with van der Waals surface area (Å²) in [5, 5.41) is 2.60. The molecule has 1 amide bonds. The normalized spacial score (nSPS) is 15.0. The van der Waals surface area contributed by atoms with Gasteiger partial charge in [-0.2, -0.15) is 13.2 Å². The number of benzene rings is 2. The number of carbonyl (C=O) groups is 1. The zero-order valence-electron chi connectivity index (χ0n) is 16.4. The molecule has 0 radical (unpaired) electrons. The number of alkyl halides is 3. The Hall–Kier alpha value is -2.55. The molecular weight excluding hydrogens is 417 g/mol. The molecular formula is C21H23F3N2O3S. The van der Waals surface area contributed by atoms with Gasteiger partial charge in [0.05, 0.1) is 17.0 Å². The van der Waals surface area contributed by atoms with Crippen LogP contribution >= 0.6 is 0 Å². The Morgan fingerprint density at radius 3 is 2.47 bits per heavy atom. The highest BCUT2D eigenvalue weighted by molar-refractivity contribution is 7.92. The van der Waals surface area contributed by atoms with E-state index in [4.69, 9.17) is 0 Å². The predicted molar refractivity (Wildman–Crippen MR) is 109 cm³/mol. The van der Waals surface area contributed by atoms with E-state index in [1.807, 2.05) is 12.1 Å². The van der Waals surface area contributed by atoms with Gasteiger partial charge in [-0.05, 0) is 41.7 Å². The quantitative estimate of drug-likeness (QED) is 0.714. The highest BCUT2D eigenvalue weighted by Gasteiger charge is 2.30. The molecule has 3 rings (SSSR count). The smallest absolute Gasteiger partial charge is 0.355 e. The Bertz CT molecular complexity index is 1000. The molecule has 0 aliphatic carbocycles. The minimum absolute atomic E-state index is 0.0282. The van der Waals surface area contributed by atoms with Crippen molar-refractivity contribution in [3.8, 4) is 0 Å². The number of carbonyl (C=O) groups excluding carboxylic acids is 1. The Morgan fingerprint density at radius 1 is 1.13 bits per heavy atom. The number of sulfonamides is 1. The van der Waals surface area contributed by atoms with Gasteiger partial charge in [-0.3, -0.25) is 9.10 Å². The first kappa shape index (κ1) is 22.1. The van der Waals surface area contributed by atoms with Crippen molar-refractivity contribution in [3.63, 3.8) is 0 Å². The van der Waals surface area contributed by atoms with Gasteiger partial charge in [0, 0.05) is 19.5 Å². The lowest BCUT2D eigenvalue weighted by atomic mass is 9.96. The fraction of sp³-hybridized carbons (Fsp3) is 0.381. The minimum Gasteiger partial charge on any atom is -0.355 e. The molecule has 1 unspecified atom stereocenters. The van der Waals surface area contributed by atoms with Crippen LogP contribution in [0.15, 0.2) is 48.5 Å². The van der Waals surface area contributed by atoms with Crippen LogP contribution in [0.2, 0.25) is 0 Å². The van der Waals surface area contributed by atoms with Gasteiger partial charge in [0.1, 0.15) is 0 Å². The van der Waals surface area contributed by atoms with E-state index in [9.17, 15) is 26.4 Å². The number of fused-ring (bicyclic) bond motifs is 1. The topological polar surface area (TPSA) is 66.5 Å². The zero-order chi connectivity index (χ0) is 21.9. The van der Waals surface area contributed by atoms with E-state index in [1.165, 1.54) is 16.4 Å². The van der Waals surface area contributed by atoms with Crippen LogP contribution in [0.25, 0.3) is 0 Å². The molecule has 0 saturated carbocycles. The van der Waals surface area contributed by atoms with E-state index < -0.39 is 21.8 Å². The number of nitrogens with one attached hydrogen (secondary N) is 1. The average molecular weight is 440 g/mol. The van der Waals surface area contributed by atoms with Gasteiger partial charge in [-0.1, -0.05) is 37.3 Å². The van der Waals surface area contributed by atoms with Crippen LogP contribution in [0.4, 0.5) is 18.9 Å². The van der Waals surface area contributed by atoms with Gasteiger partial charge < -0.3 is 5.32 Å². The van der Waals surface area contributed by atoms with Gasteiger partial charge in [-0.25, -0.2) is 8.42 Å². The van der Waals surface area contributed by atoms with Crippen LogP contribution < -0.4 is 9.62 Å². The number of para-hydroxylation sites is 1. The van der Waals surface area contributed by atoms with E-state index in [2.05, 4.69) is 5.32 Å². The molecule has 0 spiro atoms. The number of hydrogen-bond donors (Lipinski definition) is 1. The SMILES string of the molecule is CC(CC(=O)NCCS(=O)(=O)N1CCc2ccccc21)c1ccc(C(F)(F)F)cc1. The summed E-state index contributed by atoms with van der Waals surface area (Å²) in [7, 11) is -3.56. The molecule has 1 aliphatic rings. The summed E-state index contributed by atoms with van der Waals surface area (Å²) in [6.45, 7) is 2.10. The van der Waals surface area contributed by atoms with Gasteiger partial charge in [0.25, 0.3) is 0 Å². The van der Waals surface area contributed by atoms with Crippen molar-refractivity contribution in [1.29, 1.82) is 0 Å². The third kappa shape index (κ3) is 5.13. The average Bonchev–Trinajstić information content (AvgIpc) is 3.12. The molecule has 0 bridgehead atoms. The van der Waals surface area contributed by atoms with Crippen molar-refractivity contribution in [2.75, 3.05) is 23.1 Å². The van der Waals surface area contributed by atoms with Crippen molar-refractivity contribution >= 4 is 21.6 Å². The lowest BCUT2D eigenvalue weighted by Gasteiger charge is -2.20. The molecule has 0 aromatic heterocycles. The first-order valence-electron chi connectivity index (χ1n) is 9.60. The number of anilines is 1. The number of hydrogen-bond acceptors (Lipinski definition) is 3. The molecule has 5 nitrogen and oxygen atoms in total. The summed E-state index contributed by atoms with van der Waals surface area (Å²) >= 11 is 0. The largest absolute Gasteiger partial charge is 0.416 e. The van der Waals surface area contributed by atoms with Crippen LogP contribution in [-0.2, 0) is 27.4 Å². The van der Waals surface area contributed by atoms with Crippen molar-refractivity contribution in [3.05, 3.63) is 65.2 Å². The summed E-state index contributed by atoms with van der Waals surface area (Å²) < 4.78 is 64.5. The van der Waals surface area contributed by atoms with Gasteiger partial charge in [-0.15, -0.1) is 0 Å². The summed E-state index contributed by atoms with van der Waals surface area (Å²) in [5.41, 5.74) is 1.53. The van der Waals surface area contributed by atoms with E-state index in [0.717, 1.165) is 17.7 Å². The molecule has 1 N–H and O–H groups in total. The van der Waals surface area contributed by atoms with Crippen LogP contribution in [0, 0.1) is 0 Å². The standard InChI is InChI=1S/C21H23F3N2O3S/c1-15(16-6-8-18(9-7-16)21(22,23)24)14-20(27)25-11-13-30(28,29)26-12-10-17-4-2-3-5-19(17)26/h2-9,15H,10-14H2,1H3,(H,25,27). The number of halogens is 3. The molecule has 0 saturated heterocycles. The lowest BCUT2D eigenvalue weighted by Crippen LogP contribution is -2.37. The van der Waals surface area contributed by atoms with E-state index >= 15 is 0 Å². The number of nitrogens with zero attached hydrogens (tertiary/aromatic N) is 1. The number of rotatable bonds is 7. The highest BCUT2D eigenvalue weighted by Crippen LogP contribution is 2.31. The summed E-state index contributed by atoms with van der Waals surface area (Å²) in [4.78, 5) is 12.2. The third-order valence-electron chi connectivity index (χ3n) is 5.16. The third-order valence-corrected chi connectivity index (χ3v) is 6.93. The van der Waals surface area contributed by atoms with Crippen molar-refractivity contribution in [1.82, 2.24) is 5.32 Å². The molecule has 9 heteroatoms. The van der Waals surface area contributed by atoms with E-state index in [1.54, 1.807) is 19.1 Å².